The molecule has 22 heavy (non-hydrogen) atoms. The summed E-state index contributed by atoms with van der Waals surface area (Å²) in [7, 11) is -3.55. The summed E-state index contributed by atoms with van der Waals surface area (Å²) < 4.78 is 29.0. The van der Waals surface area contributed by atoms with E-state index in [-0.39, 0.29) is 6.61 Å². The zero-order valence-electron chi connectivity index (χ0n) is 12.9. The van der Waals surface area contributed by atoms with Crippen LogP contribution < -0.4 is 0 Å². The third-order valence-corrected chi connectivity index (χ3v) is 5.71. The minimum atomic E-state index is -3.55. The number of nitrogens with zero attached hydrogens (tertiary/aromatic N) is 1. The molecule has 1 aromatic carbocycles. The number of hydrogen-bond donors (Lipinski definition) is 0. The average molecular weight is 321 g/mol. The van der Waals surface area contributed by atoms with Gasteiger partial charge in [-0.3, -0.25) is 4.79 Å². The maximum absolute atomic E-state index is 12.2. The number of hydrogen-bond acceptors (Lipinski definition) is 5. The van der Waals surface area contributed by atoms with Gasteiger partial charge in [-0.1, -0.05) is 31.2 Å². The van der Waals surface area contributed by atoms with E-state index >= 15 is 0 Å². The van der Waals surface area contributed by atoms with Crippen LogP contribution in [0, 0.1) is 16.7 Å². The van der Waals surface area contributed by atoms with Gasteiger partial charge in [-0.25, -0.2) is 8.42 Å². The first kappa shape index (κ1) is 16.5. The number of rotatable bonds is 5. The van der Waals surface area contributed by atoms with E-state index in [4.69, 9.17) is 4.74 Å². The predicted octanol–water partition coefficient (Wildman–Crippen LogP) is 1.83. The van der Waals surface area contributed by atoms with Crippen molar-refractivity contribution in [1.29, 1.82) is 5.26 Å². The Morgan fingerprint density at radius 3 is 2.32 bits per heavy atom. The lowest BCUT2D eigenvalue weighted by atomic mass is 9.99. The summed E-state index contributed by atoms with van der Waals surface area (Å²) in [4.78, 5) is 12.2. The van der Waals surface area contributed by atoms with Crippen LogP contribution in [0.25, 0.3) is 0 Å². The molecule has 1 saturated carbocycles. The standard InChI is InChI=1S/C16H19NO4S/c1-4-11-6-8-12(9-7-11)13-14(22(3,19)20)16(13,10-17)15(18)21-5-2/h6-9,13-14H,4-5H2,1-3H3. The minimum Gasteiger partial charge on any atom is -0.465 e. The summed E-state index contributed by atoms with van der Waals surface area (Å²) in [6.45, 7) is 3.76. The van der Waals surface area contributed by atoms with Gasteiger partial charge in [-0.2, -0.15) is 5.26 Å². The van der Waals surface area contributed by atoms with Crippen LogP contribution in [0.4, 0.5) is 0 Å². The molecular formula is C16H19NO4S. The van der Waals surface area contributed by atoms with Crippen molar-refractivity contribution in [3.8, 4) is 6.07 Å². The molecule has 5 nitrogen and oxygen atoms in total. The number of esters is 1. The number of carbonyl (C=O) groups excluding carboxylic acids is 1. The summed E-state index contributed by atoms with van der Waals surface area (Å²) in [6, 6.07) is 9.28. The lowest BCUT2D eigenvalue weighted by Crippen LogP contribution is -2.24. The van der Waals surface area contributed by atoms with E-state index in [0.717, 1.165) is 18.2 Å². The van der Waals surface area contributed by atoms with Crippen molar-refractivity contribution in [2.45, 2.75) is 31.4 Å². The fraction of sp³-hybridized carbons (Fsp3) is 0.500. The number of benzene rings is 1. The Labute approximate surface area is 130 Å². The highest BCUT2D eigenvalue weighted by molar-refractivity contribution is 7.91. The second-order valence-electron chi connectivity index (χ2n) is 5.52. The zero-order valence-corrected chi connectivity index (χ0v) is 13.7. The van der Waals surface area contributed by atoms with Gasteiger partial charge >= 0.3 is 5.97 Å². The number of aryl methyl sites for hydroxylation is 1. The first-order valence-corrected chi connectivity index (χ1v) is 9.14. The van der Waals surface area contributed by atoms with Gasteiger partial charge in [0.2, 0.25) is 0 Å². The Balaban J connectivity index is 2.47. The zero-order chi connectivity index (χ0) is 16.5. The fourth-order valence-electron chi connectivity index (χ4n) is 3.01. The Hall–Kier alpha value is -1.87. The molecule has 3 unspecified atom stereocenters. The third-order valence-electron chi connectivity index (χ3n) is 4.14. The highest BCUT2D eigenvalue weighted by Crippen LogP contribution is 2.63. The predicted molar refractivity (Wildman–Crippen MR) is 81.9 cm³/mol. The number of sulfone groups is 1. The van der Waals surface area contributed by atoms with Crippen LogP contribution in [-0.4, -0.2) is 32.5 Å². The van der Waals surface area contributed by atoms with Crippen LogP contribution >= 0.6 is 0 Å². The average Bonchev–Trinajstić information content (AvgIpc) is 3.18. The molecule has 118 valence electrons. The molecule has 0 heterocycles. The molecule has 1 aliphatic rings. The Morgan fingerprint density at radius 2 is 1.91 bits per heavy atom. The quantitative estimate of drug-likeness (QED) is 0.773. The van der Waals surface area contributed by atoms with E-state index in [0.29, 0.717) is 5.56 Å². The largest absolute Gasteiger partial charge is 0.465 e. The van der Waals surface area contributed by atoms with E-state index in [9.17, 15) is 18.5 Å². The Bertz CT molecular complexity index is 718. The molecule has 0 spiro atoms. The third kappa shape index (κ3) is 2.50. The SMILES string of the molecule is CCOC(=O)C1(C#N)C(c2ccc(CC)cc2)C1S(C)(=O)=O. The summed E-state index contributed by atoms with van der Waals surface area (Å²) in [5.74, 6) is -1.42. The van der Waals surface area contributed by atoms with Crippen LogP contribution in [0.3, 0.4) is 0 Å². The molecule has 1 fully saturated rings. The molecule has 0 aliphatic heterocycles. The maximum atomic E-state index is 12.2. The van der Waals surface area contributed by atoms with Gasteiger partial charge in [-0.05, 0) is 24.5 Å². The molecule has 0 N–H and O–H groups in total. The fourth-order valence-corrected chi connectivity index (χ4v) is 4.77. The second kappa shape index (κ2) is 5.73. The molecular weight excluding hydrogens is 302 g/mol. The molecule has 0 saturated heterocycles. The molecule has 0 aromatic heterocycles. The van der Waals surface area contributed by atoms with Crippen LogP contribution in [-0.2, 0) is 25.8 Å². The first-order chi connectivity index (χ1) is 10.3. The Morgan fingerprint density at radius 1 is 1.32 bits per heavy atom. The second-order valence-corrected chi connectivity index (χ2v) is 7.69. The first-order valence-electron chi connectivity index (χ1n) is 7.19. The van der Waals surface area contributed by atoms with E-state index in [2.05, 4.69) is 0 Å². The molecule has 3 atom stereocenters. The molecule has 0 amide bonds. The van der Waals surface area contributed by atoms with Crippen molar-refractivity contribution in [2.24, 2.45) is 5.41 Å². The summed E-state index contributed by atoms with van der Waals surface area (Å²) in [6.07, 6.45) is 1.92. The van der Waals surface area contributed by atoms with Crippen molar-refractivity contribution in [3.05, 3.63) is 35.4 Å². The summed E-state index contributed by atoms with van der Waals surface area (Å²) in [5, 5.41) is 8.46. The smallest absolute Gasteiger partial charge is 0.328 e. The van der Waals surface area contributed by atoms with E-state index in [1.54, 1.807) is 19.1 Å². The van der Waals surface area contributed by atoms with Crippen molar-refractivity contribution in [3.63, 3.8) is 0 Å². The lowest BCUT2D eigenvalue weighted by molar-refractivity contribution is -0.147. The van der Waals surface area contributed by atoms with Crippen LogP contribution in [0.1, 0.15) is 30.9 Å². The van der Waals surface area contributed by atoms with Gasteiger partial charge < -0.3 is 4.74 Å². The van der Waals surface area contributed by atoms with Crippen LogP contribution in [0.5, 0.6) is 0 Å². The van der Waals surface area contributed by atoms with Gasteiger partial charge in [0.05, 0.1) is 12.7 Å². The van der Waals surface area contributed by atoms with Gasteiger partial charge in [0.1, 0.15) is 5.25 Å². The van der Waals surface area contributed by atoms with Crippen LogP contribution in [0.15, 0.2) is 24.3 Å². The molecule has 1 aromatic rings. The normalized spacial score (nSPS) is 27.0. The van der Waals surface area contributed by atoms with Crippen molar-refractivity contribution >= 4 is 15.8 Å². The van der Waals surface area contributed by atoms with Gasteiger partial charge in [-0.15, -0.1) is 0 Å². The summed E-state index contributed by atoms with van der Waals surface area (Å²) in [5.41, 5.74) is 0.165. The van der Waals surface area contributed by atoms with Gasteiger partial charge in [0, 0.05) is 12.2 Å². The highest BCUT2D eigenvalue weighted by Gasteiger charge is 2.76. The van der Waals surface area contributed by atoms with Crippen LogP contribution in [0.2, 0.25) is 0 Å². The van der Waals surface area contributed by atoms with E-state index in [1.807, 2.05) is 25.1 Å². The topological polar surface area (TPSA) is 84.2 Å². The highest BCUT2D eigenvalue weighted by atomic mass is 32.2. The minimum absolute atomic E-state index is 0.111. The lowest BCUT2D eigenvalue weighted by Gasteiger charge is -2.08. The Kier molecular flexibility index (Phi) is 4.30. The molecule has 2 rings (SSSR count). The van der Waals surface area contributed by atoms with Gasteiger partial charge in [0.25, 0.3) is 0 Å². The van der Waals surface area contributed by atoms with Crippen molar-refractivity contribution in [1.82, 2.24) is 0 Å². The summed E-state index contributed by atoms with van der Waals surface area (Å²) >= 11 is 0. The monoisotopic (exact) mass is 321 g/mol. The number of ether oxygens (including phenoxy) is 1. The maximum Gasteiger partial charge on any atom is 0.328 e. The molecule has 0 radical (unpaired) electrons. The molecule has 6 heteroatoms. The number of carbonyl (C=O) groups is 1. The van der Waals surface area contributed by atoms with Gasteiger partial charge in [0.15, 0.2) is 15.3 Å². The van der Waals surface area contributed by atoms with Crippen molar-refractivity contribution in [2.75, 3.05) is 12.9 Å². The number of nitriles is 1. The van der Waals surface area contributed by atoms with E-state index < -0.39 is 32.4 Å². The molecule has 1 aliphatic carbocycles. The molecule has 0 bridgehead atoms. The van der Waals surface area contributed by atoms with Crippen molar-refractivity contribution < 1.29 is 17.9 Å². The van der Waals surface area contributed by atoms with E-state index in [1.165, 1.54) is 0 Å².